The highest BCUT2D eigenvalue weighted by Crippen LogP contribution is 2.23. The number of benzene rings is 1. The van der Waals surface area contributed by atoms with Crippen LogP contribution in [0.1, 0.15) is 31.0 Å². The molecular weight excluding hydrogens is 234 g/mol. The zero-order valence-corrected chi connectivity index (χ0v) is 12.0. The van der Waals surface area contributed by atoms with E-state index in [9.17, 15) is 5.11 Å². The van der Waals surface area contributed by atoms with Gasteiger partial charge in [-0.3, -0.25) is 0 Å². The monoisotopic (exact) mass is 257 g/mol. The Balaban J connectivity index is 3.05. The van der Waals surface area contributed by atoms with Gasteiger partial charge in [0.15, 0.2) is 0 Å². The SMILES string of the molecule is C=C(C)/C(=C\C=C/C)c1ccc(C(CO)NC)cc1. The van der Waals surface area contributed by atoms with Gasteiger partial charge in [-0.25, -0.2) is 0 Å². The Kier molecular flexibility index (Phi) is 6.26. The standard InChI is InChI=1S/C17H23NO/c1-5-6-7-16(13(2)3)14-8-10-15(11-9-14)17(12-19)18-4/h5-11,17-19H,2,12H2,1,3-4H3/b6-5-,16-7+. The number of rotatable bonds is 6. The Morgan fingerprint density at radius 1 is 1.37 bits per heavy atom. The van der Waals surface area contributed by atoms with Crippen molar-refractivity contribution in [3.05, 3.63) is 65.8 Å². The Morgan fingerprint density at radius 2 is 2.00 bits per heavy atom. The van der Waals surface area contributed by atoms with Crippen molar-refractivity contribution in [2.75, 3.05) is 13.7 Å². The maximum Gasteiger partial charge on any atom is 0.0626 e. The molecule has 2 N–H and O–H groups in total. The smallest absolute Gasteiger partial charge is 0.0626 e. The third kappa shape index (κ3) is 4.19. The summed E-state index contributed by atoms with van der Waals surface area (Å²) in [6.45, 7) is 8.12. The predicted molar refractivity (Wildman–Crippen MR) is 82.9 cm³/mol. The minimum Gasteiger partial charge on any atom is -0.394 e. The van der Waals surface area contributed by atoms with E-state index in [0.29, 0.717) is 0 Å². The van der Waals surface area contributed by atoms with Crippen LogP contribution in [0.15, 0.2) is 54.6 Å². The fourth-order valence-corrected chi connectivity index (χ4v) is 1.94. The van der Waals surface area contributed by atoms with Crippen molar-refractivity contribution >= 4 is 5.57 Å². The van der Waals surface area contributed by atoms with Crippen molar-refractivity contribution in [1.82, 2.24) is 5.32 Å². The van der Waals surface area contributed by atoms with Gasteiger partial charge in [-0.15, -0.1) is 0 Å². The van der Waals surface area contributed by atoms with Crippen LogP contribution in [-0.4, -0.2) is 18.8 Å². The van der Waals surface area contributed by atoms with Gasteiger partial charge in [-0.2, -0.15) is 0 Å². The van der Waals surface area contributed by atoms with Gasteiger partial charge < -0.3 is 10.4 Å². The maximum atomic E-state index is 9.27. The maximum absolute atomic E-state index is 9.27. The van der Waals surface area contributed by atoms with Crippen LogP contribution in [0.5, 0.6) is 0 Å². The first-order chi connectivity index (χ1) is 9.13. The average Bonchev–Trinajstić information content (AvgIpc) is 2.42. The summed E-state index contributed by atoms with van der Waals surface area (Å²) in [5.41, 5.74) is 4.40. The third-order valence-electron chi connectivity index (χ3n) is 3.07. The summed E-state index contributed by atoms with van der Waals surface area (Å²) in [5, 5.41) is 12.3. The highest BCUT2D eigenvalue weighted by Gasteiger charge is 2.08. The van der Waals surface area contributed by atoms with Gasteiger partial charge in [-0.1, -0.05) is 54.6 Å². The molecule has 1 rings (SSSR count). The molecule has 102 valence electrons. The predicted octanol–water partition coefficient (Wildman–Crippen LogP) is 3.48. The van der Waals surface area contributed by atoms with E-state index >= 15 is 0 Å². The largest absolute Gasteiger partial charge is 0.394 e. The molecule has 0 aromatic heterocycles. The van der Waals surface area contributed by atoms with Crippen molar-refractivity contribution in [3.8, 4) is 0 Å². The Hall–Kier alpha value is -1.64. The molecule has 1 unspecified atom stereocenters. The number of aliphatic hydroxyl groups excluding tert-OH is 1. The first kappa shape index (κ1) is 15.4. The highest BCUT2D eigenvalue weighted by molar-refractivity contribution is 5.78. The minimum absolute atomic E-state index is 0.0122. The van der Waals surface area contributed by atoms with E-state index in [-0.39, 0.29) is 12.6 Å². The second kappa shape index (κ2) is 7.72. The Labute approximate surface area is 116 Å². The van der Waals surface area contributed by atoms with Gasteiger partial charge in [0.2, 0.25) is 0 Å². The van der Waals surface area contributed by atoms with Crippen molar-refractivity contribution in [1.29, 1.82) is 0 Å². The van der Waals surface area contributed by atoms with Gasteiger partial charge >= 0.3 is 0 Å². The van der Waals surface area contributed by atoms with E-state index < -0.39 is 0 Å². The van der Waals surface area contributed by atoms with Crippen LogP contribution in [0.3, 0.4) is 0 Å². The fourth-order valence-electron chi connectivity index (χ4n) is 1.94. The van der Waals surface area contributed by atoms with E-state index in [1.807, 2.05) is 45.2 Å². The Morgan fingerprint density at radius 3 is 2.42 bits per heavy atom. The summed E-state index contributed by atoms with van der Waals surface area (Å²) in [4.78, 5) is 0. The van der Waals surface area contributed by atoms with Gasteiger partial charge in [0.25, 0.3) is 0 Å². The molecule has 0 spiro atoms. The van der Waals surface area contributed by atoms with Crippen LogP contribution in [0.25, 0.3) is 5.57 Å². The summed E-state index contributed by atoms with van der Waals surface area (Å²) in [6.07, 6.45) is 6.08. The number of aliphatic hydroxyl groups is 1. The number of allylic oxidation sites excluding steroid dienone is 5. The van der Waals surface area contributed by atoms with Gasteiger partial charge in [-0.05, 0) is 37.6 Å². The molecule has 0 aliphatic carbocycles. The molecule has 2 nitrogen and oxygen atoms in total. The molecule has 0 amide bonds. The molecule has 2 heteroatoms. The van der Waals surface area contributed by atoms with Crippen LogP contribution >= 0.6 is 0 Å². The topological polar surface area (TPSA) is 32.3 Å². The first-order valence-electron chi connectivity index (χ1n) is 6.51. The zero-order chi connectivity index (χ0) is 14.3. The zero-order valence-electron chi connectivity index (χ0n) is 12.0. The van der Waals surface area contributed by atoms with E-state index in [4.69, 9.17) is 0 Å². The van der Waals surface area contributed by atoms with Crippen LogP contribution in [0.2, 0.25) is 0 Å². The lowest BCUT2D eigenvalue weighted by Crippen LogP contribution is -2.19. The molecule has 0 saturated heterocycles. The van der Waals surface area contributed by atoms with Crippen molar-refractivity contribution < 1.29 is 5.11 Å². The third-order valence-corrected chi connectivity index (χ3v) is 3.07. The summed E-state index contributed by atoms with van der Waals surface area (Å²) >= 11 is 0. The van der Waals surface area contributed by atoms with E-state index in [1.165, 1.54) is 0 Å². The first-order valence-corrected chi connectivity index (χ1v) is 6.51. The van der Waals surface area contributed by atoms with Crippen LogP contribution in [-0.2, 0) is 0 Å². The molecule has 19 heavy (non-hydrogen) atoms. The van der Waals surface area contributed by atoms with Crippen LogP contribution < -0.4 is 5.32 Å². The van der Waals surface area contributed by atoms with Gasteiger partial charge in [0.1, 0.15) is 0 Å². The quantitative estimate of drug-likeness (QED) is 0.765. The van der Waals surface area contributed by atoms with Gasteiger partial charge in [0.05, 0.1) is 12.6 Å². The fraction of sp³-hybridized carbons (Fsp3) is 0.294. The number of hydrogen-bond acceptors (Lipinski definition) is 2. The lowest BCUT2D eigenvalue weighted by molar-refractivity contribution is 0.251. The van der Waals surface area contributed by atoms with E-state index in [2.05, 4.69) is 30.1 Å². The van der Waals surface area contributed by atoms with Crippen molar-refractivity contribution in [3.63, 3.8) is 0 Å². The van der Waals surface area contributed by atoms with Crippen LogP contribution in [0.4, 0.5) is 0 Å². The minimum atomic E-state index is -0.0122. The lowest BCUT2D eigenvalue weighted by Gasteiger charge is -2.14. The number of nitrogens with one attached hydrogen (secondary N) is 1. The molecule has 0 aliphatic rings. The second-order valence-electron chi connectivity index (χ2n) is 4.53. The van der Waals surface area contributed by atoms with E-state index in [0.717, 1.165) is 22.3 Å². The molecular formula is C17H23NO. The molecule has 1 atom stereocenters. The molecule has 1 aromatic carbocycles. The van der Waals surface area contributed by atoms with Gasteiger partial charge in [0, 0.05) is 0 Å². The molecule has 0 bridgehead atoms. The summed E-state index contributed by atoms with van der Waals surface area (Å²) in [6, 6.07) is 8.21. The van der Waals surface area contributed by atoms with Crippen molar-refractivity contribution in [2.24, 2.45) is 0 Å². The summed E-state index contributed by atoms with van der Waals surface area (Å²) < 4.78 is 0. The normalized spacial score (nSPS) is 13.8. The molecule has 0 aliphatic heterocycles. The molecule has 0 fully saturated rings. The van der Waals surface area contributed by atoms with Crippen molar-refractivity contribution in [2.45, 2.75) is 19.9 Å². The molecule has 1 aromatic rings. The average molecular weight is 257 g/mol. The number of hydrogen-bond donors (Lipinski definition) is 2. The molecule has 0 radical (unpaired) electrons. The second-order valence-corrected chi connectivity index (χ2v) is 4.53. The van der Waals surface area contributed by atoms with Crippen LogP contribution in [0, 0.1) is 0 Å². The Bertz CT molecular complexity index is 465. The highest BCUT2D eigenvalue weighted by atomic mass is 16.3. The molecule has 0 saturated carbocycles. The summed E-state index contributed by atoms with van der Waals surface area (Å²) in [7, 11) is 1.85. The molecule has 0 heterocycles. The summed E-state index contributed by atoms with van der Waals surface area (Å²) in [5.74, 6) is 0. The van der Waals surface area contributed by atoms with E-state index in [1.54, 1.807) is 0 Å². The number of likely N-dealkylation sites (N-methyl/N-ethyl adjacent to an activating group) is 1. The lowest BCUT2D eigenvalue weighted by atomic mass is 9.97.